The number of anilines is 1. The predicted octanol–water partition coefficient (Wildman–Crippen LogP) is 2.71. The second-order valence-corrected chi connectivity index (χ2v) is 4.23. The van der Waals surface area contributed by atoms with Gasteiger partial charge in [-0.1, -0.05) is 23.5 Å². The molecule has 82 valence electrons. The van der Waals surface area contributed by atoms with Gasteiger partial charge in [0.2, 0.25) is 0 Å². The summed E-state index contributed by atoms with van der Waals surface area (Å²) >= 11 is 1.29. The van der Waals surface area contributed by atoms with Crippen molar-refractivity contribution in [1.82, 2.24) is 4.98 Å². The first-order valence-corrected chi connectivity index (χ1v) is 5.49. The van der Waals surface area contributed by atoms with E-state index in [2.05, 4.69) is 10.3 Å². The molecule has 0 radical (unpaired) electrons. The van der Waals surface area contributed by atoms with E-state index in [-0.39, 0.29) is 5.82 Å². The van der Waals surface area contributed by atoms with Crippen molar-refractivity contribution in [2.45, 2.75) is 6.54 Å². The molecule has 1 aromatic heterocycles. The van der Waals surface area contributed by atoms with Crippen LogP contribution in [-0.2, 0) is 6.54 Å². The van der Waals surface area contributed by atoms with Crippen LogP contribution in [0.5, 0.6) is 0 Å². The standard InChI is InChI=1S/C11H9FN2OS/c12-9-3-1-8(2-4-9)5-13-11-14-6-10(7-15)16-11/h1-4,6-7H,5H2,(H,13,14). The first-order chi connectivity index (χ1) is 7.78. The summed E-state index contributed by atoms with van der Waals surface area (Å²) in [6.45, 7) is 0.562. The van der Waals surface area contributed by atoms with E-state index in [0.717, 1.165) is 11.8 Å². The SMILES string of the molecule is O=Cc1cnc(NCc2ccc(F)cc2)s1. The number of carbonyl (C=O) groups excluding carboxylic acids is 1. The number of halogens is 1. The number of hydrogen-bond donors (Lipinski definition) is 1. The summed E-state index contributed by atoms with van der Waals surface area (Å²) in [4.78, 5) is 15.0. The molecular formula is C11H9FN2OS. The average molecular weight is 236 g/mol. The second-order valence-electron chi connectivity index (χ2n) is 3.17. The lowest BCUT2D eigenvalue weighted by Gasteiger charge is -2.01. The number of thiazole rings is 1. The van der Waals surface area contributed by atoms with E-state index < -0.39 is 0 Å². The van der Waals surface area contributed by atoms with Crippen LogP contribution in [0.1, 0.15) is 15.2 Å². The molecule has 5 heteroatoms. The predicted molar refractivity (Wildman–Crippen MR) is 61.2 cm³/mol. The van der Waals surface area contributed by atoms with Crippen LogP contribution in [0.4, 0.5) is 9.52 Å². The Morgan fingerprint density at radius 3 is 2.75 bits per heavy atom. The minimum absolute atomic E-state index is 0.249. The topological polar surface area (TPSA) is 42.0 Å². The molecule has 0 aliphatic carbocycles. The van der Waals surface area contributed by atoms with Crippen molar-refractivity contribution in [2.24, 2.45) is 0 Å². The van der Waals surface area contributed by atoms with Crippen LogP contribution < -0.4 is 5.32 Å². The van der Waals surface area contributed by atoms with Gasteiger partial charge in [-0.25, -0.2) is 9.37 Å². The molecule has 0 saturated carbocycles. The van der Waals surface area contributed by atoms with Crippen LogP contribution in [-0.4, -0.2) is 11.3 Å². The summed E-state index contributed by atoms with van der Waals surface area (Å²) in [7, 11) is 0. The monoisotopic (exact) mass is 236 g/mol. The second kappa shape index (κ2) is 4.85. The molecule has 0 atom stereocenters. The van der Waals surface area contributed by atoms with Crippen molar-refractivity contribution in [3.05, 3.63) is 46.7 Å². The molecule has 1 heterocycles. The minimum atomic E-state index is -0.249. The maximum absolute atomic E-state index is 12.6. The van der Waals surface area contributed by atoms with E-state index in [1.165, 1.54) is 29.7 Å². The molecule has 0 unspecified atom stereocenters. The fourth-order valence-electron chi connectivity index (χ4n) is 1.20. The Morgan fingerprint density at radius 1 is 1.38 bits per heavy atom. The lowest BCUT2D eigenvalue weighted by Crippen LogP contribution is -1.98. The molecule has 2 rings (SSSR count). The summed E-state index contributed by atoms with van der Waals surface area (Å²) in [6.07, 6.45) is 2.28. The Morgan fingerprint density at radius 2 is 2.12 bits per heavy atom. The first kappa shape index (κ1) is 10.8. The van der Waals surface area contributed by atoms with Crippen LogP contribution in [0.15, 0.2) is 30.5 Å². The fourth-order valence-corrected chi connectivity index (χ4v) is 1.83. The van der Waals surface area contributed by atoms with Crippen molar-refractivity contribution in [3.63, 3.8) is 0 Å². The third-order valence-electron chi connectivity index (χ3n) is 2.00. The number of aromatic nitrogens is 1. The van der Waals surface area contributed by atoms with Crippen molar-refractivity contribution in [2.75, 3.05) is 5.32 Å². The third-order valence-corrected chi connectivity index (χ3v) is 2.88. The highest BCUT2D eigenvalue weighted by molar-refractivity contribution is 7.17. The average Bonchev–Trinajstić information content (AvgIpc) is 2.76. The van der Waals surface area contributed by atoms with Crippen LogP contribution in [0.2, 0.25) is 0 Å². The summed E-state index contributed by atoms with van der Waals surface area (Å²) < 4.78 is 12.6. The van der Waals surface area contributed by atoms with Crippen LogP contribution in [0.25, 0.3) is 0 Å². The molecule has 0 aliphatic rings. The number of nitrogens with zero attached hydrogens (tertiary/aromatic N) is 1. The summed E-state index contributed by atoms with van der Waals surface area (Å²) in [5.41, 5.74) is 0.962. The smallest absolute Gasteiger partial charge is 0.183 e. The van der Waals surface area contributed by atoms with Gasteiger partial charge in [0, 0.05) is 6.54 Å². The van der Waals surface area contributed by atoms with Gasteiger partial charge in [0.25, 0.3) is 0 Å². The molecule has 0 fully saturated rings. The van der Waals surface area contributed by atoms with Gasteiger partial charge in [0.1, 0.15) is 5.82 Å². The molecule has 0 bridgehead atoms. The normalized spacial score (nSPS) is 10.1. The van der Waals surface area contributed by atoms with Gasteiger partial charge in [-0.05, 0) is 17.7 Å². The van der Waals surface area contributed by atoms with E-state index in [9.17, 15) is 9.18 Å². The van der Waals surface area contributed by atoms with Crippen molar-refractivity contribution in [3.8, 4) is 0 Å². The van der Waals surface area contributed by atoms with E-state index in [1.54, 1.807) is 12.1 Å². The van der Waals surface area contributed by atoms with Gasteiger partial charge in [-0.15, -0.1) is 0 Å². The fraction of sp³-hybridized carbons (Fsp3) is 0.0909. The molecule has 1 aromatic carbocycles. The lowest BCUT2D eigenvalue weighted by atomic mass is 10.2. The number of hydrogen-bond acceptors (Lipinski definition) is 4. The van der Waals surface area contributed by atoms with Gasteiger partial charge >= 0.3 is 0 Å². The van der Waals surface area contributed by atoms with E-state index in [0.29, 0.717) is 16.6 Å². The molecule has 2 aromatic rings. The zero-order valence-electron chi connectivity index (χ0n) is 8.31. The summed E-state index contributed by atoms with van der Waals surface area (Å²) in [5, 5.41) is 3.75. The Hall–Kier alpha value is -1.75. The van der Waals surface area contributed by atoms with Gasteiger partial charge < -0.3 is 5.32 Å². The molecule has 0 saturated heterocycles. The highest BCUT2D eigenvalue weighted by Crippen LogP contribution is 2.17. The van der Waals surface area contributed by atoms with E-state index in [1.807, 2.05) is 0 Å². The Balaban J connectivity index is 1.96. The first-order valence-electron chi connectivity index (χ1n) is 4.67. The highest BCUT2D eigenvalue weighted by atomic mass is 32.1. The van der Waals surface area contributed by atoms with Crippen LogP contribution in [0.3, 0.4) is 0 Å². The zero-order valence-corrected chi connectivity index (χ0v) is 9.13. The number of aldehydes is 1. The maximum Gasteiger partial charge on any atom is 0.183 e. The maximum atomic E-state index is 12.6. The molecule has 3 nitrogen and oxygen atoms in total. The number of carbonyl (C=O) groups is 1. The van der Waals surface area contributed by atoms with Crippen molar-refractivity contribution in [1.29, 1.82) is 0 Å². The minimum Gasteiger partial charge on any atom is -0.357 e. The van der Waals surface area contributed by atoms with Crippen LogP contribution >= 0.6 is 11.3 Å². The Kier molecular flexibility index (Phi) is 3.26. The summed E-state index contributed by atoms with van der Waals surface area (Å²) in [6, 6.07) is 6.23. The van der Waals surface area contributed by atoms with Gasteiger partial charge in [0.15, 0.2) is 11.4 Å². The Labute approximate surface area is 96.0 Å². The highest BCUT2D eigenvalue weighted by Gasteiger charge is 2.00. The number of nitrogens with one attached hydrogen (secondary N) is 1. The van der Waals surface area contributed by atoms with E-state index in [4.69, 9.17) is 0 Å². The van der Waals surface area contributed by atoms with Crippen molar-refractivity contribution >= 4 is 22.8 Å². The quantitative estimate of drug-likeness (QED) is 0.830. The lowest BCUT2D eigenvalue weighted by molar-refractivity contribution is 0.112. The molecule has 0 aliphatic heterocycles. The summed E-state index contributed by atoms with van der Waals surface area (Å²) in [5.74, 6) is -0.249. The van der Waals surface area contributed by atoms with Gasteiger partial charge in [-0.2, -0.15) is 0 Å². The molecule has 0 spiro atoms. The largest absolute Gasteiger partial charge is 0.357 e. The number of benzene rings is 1. The molecular weight excluding hydrogens is 227 g/mol. The van der Waals surface area contributed by atoms with Crippen molar-refractivity contribution < 1.29 is 9.18 Å². The van der Waals surface area contributed by atoms with Crippen LogP contribution in [0, 0.1) is 5.82 Å². The van der Waals surface area contributed by atoms with E-state index >= 15 is 0 Å². The zero-order chi connectivity index (χ0) is 11.4. The Bertz CT molecular complexity index is 481. The van der Waals surface area contributed by atoms with Gasteiger partial charge in [-0.3, -0.25) is 4.79 Å². The molecule has 0 amide bonds. The molecule has 1 N–H and O–H groups in total. The third kappa shape index (κ3) is 2.64. The van der Waals surface area contributed by atoms with Gasteiger partial charge in [0.05, 0.1) is 11.1 Å². The number of rotatable bonds is 4. The molecule has 16 heavy (non-hydrogen) atoms.